The summed E-state index contributed by atoms with van der Waals surface area (Å²) in [6.07, 6.45) is 0. The number of benzene rings is 1. The molecular formula is C13H9BrFNO3S. The van der Waals surface area contributed by atoms with Crippen LogP contribution >= 0.6 is 27.3 Å². The van der Waals surface area contributed by atoms with E-state index in [0.717, 1.165) is 21.5 Å². The molecule has 0 saturated carbocycles. The molecule has 0 bridgehead atoms. The van der Waals surface area contributed by atoms with Crippen LogP contribution in [-0.4, -0.2) is 17.0 Å². The van der Waals surface area contributed by atoms with Gasteiger partial charge >= 0.3 is 5.97 Å². The number of hydrogen-bond acceptors (Lipinski definition) is 3. The average molecular weight is 358 g/mol. The molecule has 2 aromatic rings. The highest BCUT2D eigenvalue weighted by Gasteiger charge is 2.16. The van der Waals surface area contributed by atoms with Crippen molar-refractivity contribution in [2.75, 3.05) is 5.32 Å². The van der Waals surface area contributed by atoms with Crippen LogP contribution in [0.5, 0.6) is 0 Å². The van der Waals surface area contributed by atoms with Gasteiger partial charge in [-0.15, -0.1) is 11.3 Å². The van der Waals surface area contributed by atoms with E-state index in [9.17, 15) is 14.0 Å². The molecule has 1 aromatic carbocycles. The SMILES string of the molecule is Cc1cc(C(=O)Nc2ccc(F)cc2C(=O)O)sc1Br. The van der Waals surface area contributed by atoms with Gasteiger partial charge < -0.3 is 10.4 Å². The molecule has 20 heavy (non-hydrogen) atoms. The fourth-order valence-electron chi connectivity index (χ4n) is 1.56. The van der Waals surface area contributed by atoms with Crippen LogP contribution in [-0.2, 0) is 0 Å². The molecule has 0 saturated heterocycles. The molecule has 2 N–H and O–H groups in total. The van der Waals surface area contributed by atoms with Crippen LogP contribution in [0.4, 0.5) is 10.1 Å². The molecule has 0 aliphatic rings. The van der Waals surface area contributed by atoms with E-state index in [2.05, 4.69) is 21.2 Å². The third kappa shape index (κ3) is 3.05. The molecule has 0 atom stereocenters. The molecule has 0 radical (unpaired) electrons. The minimum atomic E-state index is -1.30. The molecule has 104 valence electrons. The number of thiophene rings is 1. The molecule has 0 aliphatic carbocycles. The molecule has 0 aliphatic heterocycles. The molecule has 0 unspecified atom stereocenters. The maximum atomic E-state index is 13.0. The minimum Gasteiger partial charge on any atom is -0.478 e. The maximum absolute atomic E-state index is 13.0. The van der Waals surface area contributed by atoms with Crippen LogP contribution in [0.1, 0.15) is 25.6 Å². The number of hydrogen-bond donors (Lipinski definition) is 2. The third-order valence-electron chi connectivity index (χ3n) is 2.54. The highest BCUT2D eigenvalue weighted by Crippen LogP contribution is 2.28. The van der Waals surface area contributed by atoms with Gasteiger partial charge in [0.1, 0.15) is 5.82 Å². The van der Waals surface area contributed by atoms with Gasteiger partial charge in [0.2, 0.25) is 0 Å². The van der Waals surface area contributed by atoms with Gasteiger partial charge in [-0.25, -0.2) is 9.18 Å². The summed E-state index contributed by atoms with van der Waals surface area (Å²) in [5.41, 5.74) is 0.689. The Morgan fingerprint density at radius 1 is 1.35 bits per heavy atom. The number of carbonyl (C=O) groups is 2. The van der Waals surface area contributed by atoms with Gasteiger partial charge in [0.25, 0.3) is 5.91 Å². The number of anilines is 1. The first-order chi connectivity index (χ1) is 9.38. The summed E-state index contributed by atoms with van der Waals surface area (Å²) in [6, 6.07) is 4.88. The van der Waals surface area contributed by atoms with E-state index in [1.54, 1.807) is 6.07 Å². The van der Waals surface area contributed by atoms with Crippen LogP contribution in [0.15, 0.2) is 28.1 Å². The van der Waals surface area contributed by atoms with Gasteiger partial charge in [0.15, 0.2) is 0 Å². The van der Waals surface area contributed by atoms with E-state index in [0.29, 0.717) is 4.88 Å². The monoisotopic (exact) mass is 357 g/mol. The first kappa shape index (κ1) is 14.7. The van der Waals surface area contributed by atoms with Gasteiger partial charge in [-0.05, 0) is 52.7 Å². The molecule has 2 rings (SSSR count). The number of rotatable bonds is 3. The zero-order valence-electron chi connectivity index (χ0n) is 10.2. The Balaban J connectivity index is 2.30. The zero-order chi connectivity index (χ0) is 14.9. The molecule has 1 amide bonds. The fourth-order valence-corrected chi connectivity index (χ4v) is 2.99. The molecule has 1 heterocycles. The van der Waals surface area contributed by atoms with Gasteiger partial charge in [0, 0.05) is 0 Å². The number of aryl methyl sites for hydroxylation is 1. The Kier molecular flexibility index (Phi) is 4.20. The van der Waals surface area contributed by atoms with Crippen molar-refractivity contribution in [2.24, 2.45) is 0 Å². The second kappa shape index (κ2) is 5.72. The van der Waals surface area contributed by atoms with Crippen LogP contribution < -0.4 is 5.32 Å². The van der Waals surface area contributed by atoms with Gasteiger partial charge in [-0.1, -0.05) is 0 Å². The van der Waals surface area contributed by atoms with Crippen LogP contribution in [0.25, 0.3) is 0 Å². The Bertz CT molecular complexity index is 679. The van der Waals surface area contributed by atoms with Crippen molar-refractivity contribution in [1.29, 1.82) is 0 Å². The van der Waals surface area contributed by atoms with E-state index in [-0.39, 0.29) is 11.3 Å². The van der Waals surface area contributed by atoms with E-state index in [1.165, 1.54) is 17.4 Å². The van der Waals surface area contributed by atoms with Gasteiger partial charge in [-0.2, -0.15) is 0 Å². The molecular weight excluding hydrogens is 349 g/mol. The summed E-state index contributed by atoms with van der Waals surface area (Å²) in [7, 11) is 0. The molecule has 1 aromatic heterocycles. The number of aromatic carboxylic acids is 1. The van der Waals surface area contributed by atoms with E-state index >= 15 is 0 Å². The van der Waals surface area contributed by atoms with Crippen molar-refractivity contribution in [2.45, 2.75) is 6.92 Å². The smallest absolute Gasteiger partial charge is 0.337 e. The lowest BCUT2D eigenvalue weighted by atomic mass is 10.1. The van der Waals surface area contributed by atoms with Crippen molar-refractivity contribution in [3.8, 4) is 0 Å². The Morgan fingerprint density at radius 3 is 2.60 bits per heavy atom. The summed E-state index contributed by atoms with van der Waals surface area (Å²) in [6.45, 7) is 1.85. The summed E-state index contributed by atoms with van der Waals surface area (Å²) in [5, 5.41) is 11.5. The average Bonchev–Trinajstić information content (AvgIpc) is 2.71. The predicted octanol–water partition coefficient (Wildman–Crippen LogP) is 3.91. The number of amides is 1. The van der Waals surface area contributed by atoms with Gasteiger partial charge in [-0.3, -0.25) is 4.79 Å². The molecule has 0 fully saturated rings. The van der Waals surface area contributed by atoms with Crippen LogP contribution in [0.2, 0.25) is 0 Å². The van der Waals surface area contributed by atoms with Gasteiger partial charge in [0.05, 0.1) is 19.9 Å². The lowest BCUT2D eigenvalue weighted by Crippen LogP contribution is -2.13. The van der Waals surface area contributed by atoms with Crippen molar-refractivity contribution >= 4 is 44.8 Å². The molecule has 0 spiro atoms. The third-order valence-corrected chi connectivity index (χ3v) is 4.68. The zero-order valence-corrected chi connectivity index (χ0v) is 12.6. The largest absolute Gasteiger partial charge is 0.478 e. The van der Waals surface area contributed by atoms with Crippen molar-refractivity contribution < 1.29 is 19.1 Å². The molecule has 7 heteroatoms. The predicted molar refractivity (Wildman–Crippen MR) is 78.1 cm³/mol. The standard InChI is InChI=1S/C13H9BrFNO3S/c1-6-4-10(20-11(6)14)12(17)16-9-3-2-7(15)5-8(9)13(18)19/h2-5H,1H3,(H,16,17)(H,18,19). The highest BCUT2D eigenvalue weighted by molar-refractivity contribution is 9.11. The first-order valence-electron chi connectivity index (χ1n) is 5.48. The number of carboxylic acid groups (broad SMARTS) is 1. The molecule has 4 nitrogen and oxygen atoms in total. The Labute approximate surface area is 126 Å². The van der Waals surface area contributed by atoms with Crippen molar-refractivity contribution in [3.63, 3.8) is 0 Å². The highest BCUT2D eigenvalue weighted by atomic mass is 79.9. The number of carbonyl (C=O) groups excluding carboxylic acids is 1. The number of nitrogens with one attached hydrogen (secondary N) is 1. The topological polar surface area (TPSA) is 66.4 Å². The number of halogens is 2. The maximum Gasteiger partial charge on any atom is 0.337 e. The van der Waals surface area contributed by atoms with Crippen molar-refractivity contribution in [1.82, 2.24) is 0 Å². The second-order valence-corrected chi connectivity index (χ2v) is 6.39. The second-order valence-electron chi connectivity index (χ2n) is 4.02. The normalized spacial score (nSPS) is 10.3. The summed E-state index contributed by atoms with van der Waals surface area (Å²) in [4.78, 5) is 23.5. The van der Waals surface area contributed by atoms with E-state index < -0.39 is 17.7 Å². The minimum absolute atomic E-state index is 0.0612. The van der Waals surface area contributed by atoms with Crippen LogP contribution in [0.3, 0.4) is 0 Å². The van der Waals surface area contributed by atoms with Crippen molar-refractivity contribution in [3.05, 3.63) is 49.9 Å². The Morgan fingerprint density at radius 2 is 2.05 bits per heavy atom. The van der Waals surface area contributed by atoms with Crippen LogP contribution in [0, 0.1) is 12.7 Å². The Hall–Kier alpha value is -1.73. The summed E-state index contributed by atoms with van der Waals surface area (Å²) in [5.74, 6) is -2.41. The quantitative estimate of drug-likeness (QED) is 0.874. The lowest BCUT2D eigenvalue weighted by Gasteiger charge is -2.07. The van der Waals surface area contributed by atoms with E-state index in [4.69, 9.17) is 5.11 Å². The lowest BCUT2D eigenvalue weighted by molar-refractivity contribution is 0.0697. The number of carboxylic acids is 1. The first-order valence-corrected chi connectivity index (χ1v) is 7.09. The summed E-state index contributed by atoms with van der Waals surface area (Å²) < 4.78 is 13.9. The summed E-state index contributed by atoms with van der Waals surface area (Å²) >= 11 is 4.55. The van der Waals surface area contributed by atoms with E-state index in [1.807, 2.05) is 6.92 Å². The fraction of sp³-hybridized carbons (Fsp3) is 0.0769.